The lowest BCUT2D eigenvalue weighted by Crippen LogP contribution is -2.33. The molecule has 1 fully saturated rings. The number of hydrogen-bond acceptors (Lipinski definition) is 1. The van der Waals surface area contributed by atoms with E-state index in [0.717, 1.165) is 12.5 Å². The fourth-order valence-corrected chi connectivity index (χ4v) is 2.15. The fourth-order valence-electron chi connectivity index (χ4n) is 2.15. The summed E-state index contributed by atoms with van der Waals surface area (Å²) in [5.74, 6) is 0.742. The molecule has 1 aromatic rings. The molecule has 1 atom stereocenters. The smallest absolute Gasteiger partial charge is 0.0367 e. The molecule has 1 nitrogen and oxygen atoms in total. The molecule has 14 heavy (non-hydrogen) atoms. The predicted molar refractivity (Wildman–Crippen MR) is 59.8 cm³/mol. The molecular formula is C13H18N. The zero-order valence-corrected chi connectivity index (χ0v) is 8.79. The summed E-state index contributed by atoms with van der Waals surface area (Å²) in [6.07, 6.45) is 3.85. The summed E-state index contributed by atoms with van der Waals surface area (Å²) < 4.78 is 0. The van der Waals surface area contributed by atoms with Crippen LogP contribution in [0.2, 0.25) is 0 Å². The summed E-state index contributed by atoms with van der Waals surface area (Å²) in [7, 11) is 0. The van der Waals surface area contributed by atoms with Gasteiger partial charge in [0.1, 0.15) is 0 Å². The van der Waals surface area contributed by atoms with E-state index in [9.17, 15) is 0 Å². The Balaban J connectivity index is 1.96. The minimum Gasteiger partial charge on any atom is -0.309 e. The molecule has 2 rings (SSSR count). The molecule has 75 valence electrons. The third-order valence-corrected chi connectivity index (χ3v) is 3.07. The molecule has 1 aromatic carbocycles. The van der Waals surface area contributed by atoms with Crippen molar-refractivity contribution in [3.63, 3.8) is 0 Å². The van der Waals surface area contributed by atoms with E-state index in [1.807, 2.05) is 0 Å². The normalized spacial score (nSPS) is 23.6. The summed E-state index contributed by atoms with van der Waals surface area (Å²) in [6, 6.07) is 12.3. The number of benzene rings is 1. The minimum atomic E-state index is 0.742. The molecule has 0 aliphatic carbocycles. The van der Waals surface area contributed by atoms with Crippen molar-refractivity contribution < 1.29 is 0 Å². The zero-order chi connectivity index (χ0) is 9.80. The van der Waals surface area contributed by atoms with Crippen molar-refractivity contribution >= 4 is 0 Å². The first-order valence-electron chi connectivity index (χ1n) is 5.47. The van der Waals surface area contributed by atoms with Crippen LogP contribution in [0.5, 0.6) is 0 Å². The highest BCUT2D eigenvalue weighted by Gasteiger charge is 2.21. The Hall–Kier alpha value is -0.820. The molecule has 1 unspecified atom stereocenters. The molecule has 0 spiro atoms. The van der Waals surface area contributed by atoms with E-state index in [2.05, 4.69) is 42.6 Å². The largest absolute Gasteiger partial charge is 0.309 e. The van der Waals surface area contributed by atoms with E-state index in [1.54, 1.807) is 0 Å². The summed E-state index contributed by atoms with van der Waals surface area (Å²) in [5, 5.41) is 3.47. The highest BCUT2D eigenvalue weighted by molar-refractivity contribution is 5.16. The van der Waals surface area contributed by atoms with Crippen LogP contribution in [0.25, 0.3) is 0 Å². The van der Waals surface area contributed by atoms with Crippen LogP contribution in [0.4, 0.5) is 0 Å². The van der Waals surface area contributed by atoms with Crippen LogP contribution in [0.15, 0.2) is 30.3 Å². The van der Waals surface area contributed by atoms with E-state index in [0.29, 0.717) is 0 Å². The van der Waals surface area contributed by atoms with Gasteiger partial charge in [-0.25, -0.2) is 0 Å². The zero-order valence-electron chi connectivity index (χ0n) is 8.79. The lowest BCUT2D eigenvalue weighted by atomic mass is 9.86. The molecule has 1 heteroatoms. The maximum Gasteiger partial charge on any atom is 0.0367 e. The first kappa shape index (κ1) is 9.72. The first-order valence-corrected chi connectivity index (χ1v) is 5.47. The minimum absolute atomic E-state index is 0.742. The second-order valence-corrected chi connectivity index (χ2v) is 4.14. The Bertz CT molecular complexity index is 268. The molecule has 1 saturated heterocycles. The quantitative estimate of drug-likeness (QED) is 0.752. The molecule has 0 amide bonds. The van der Waals surface area contributed by atoms with Crippen LogP contribution in [0, 0.1) is 12.0 Å². The van der Waals surface area contributed by atoms with Gasteiger partial charge in [0.15, 0.2) is 0 Å². The van der Waals surface area contributed by atoms with Gasteiger partial charge in [-0.05, 0) is 44.2 Å². The molecule has 1 radical (unpaired) electrons. The monoisotopic (exact) mass is 188 g/mol. The highest BCUT2D eigenvalue weighted by Crippen LogP contribution is 2.25. The number of piperidine rings is 1. The van der Waals surface area contributed by atoms with E-state index in [1.165, 1.54) is 30.9 Å². The van der Waals surface area contributed by atoms with Crippen molar-refractivity contribution in [1.82, 2.24) is 5.32 Å². The summed E-state index contributed by atoms with van der Waals surface area (Å²) in [5.41, 5.74) is 1.46. The lowest BCUT2D eigenvalue weighted by molar-refractivity contribution is 0.379. The molecule has 1 aliphatic rings. The van der Waals surface area contributed by atoms with E-state index in [-0.39, 0.29) is 0 Å². The Morgan fingerprint density at radius 3 is 2.79 bits per heavy atom. The van der Waals surface area contributed by atoms with Gasteiger partial charge in [0.25, 0.3) is 0 Å². The average Bonchev–Trinajstić information content (AvgIpc) is 2.23. The third kappa shape index (κ3) is 2.36. The predicted octanol–water partition coefficient (Wildman–Crippen LogP) is 2.78. The standard InChI is InChI=1S/C13H18N/c1-11-13(8-5-9-14-11)10-12-6-3-2-4-7-12/h2-4,6-7,13-14H,5,8-10H2,1H3. The Kier molecular flexibility index (Phi) is 3.20. The van der Waals surface area contributed by atoms with E-state index < -0.39 is 0 Å². The van der Waals surface area contributed by atoms with E-state index >= 15 is 0 Å². The van der Waals surface area contributed by atoms with Gasteiger partial charge in [-0.1, -0.05) is 30.3 Å². The van der Waals surface area contributed by atoms with Gasteiger partial charge in [-0.2, -0.15) is 0 Å². The number of hydrogen-bond donors (Lipinski definition) is 1. The lowest BCUT2D eigenvalue weighted by Gasteiger charge is -2.29. The molecule has 0 bridgehead atoms. The van der Waals surface area contributed by atoms with Crippen molar-refractivity contribution in [2.45, 2.75) is 26.2 Å². The Morgan fingerprint density at radius 1 is 1.29 bits per heavy atom. The van der Waals surface area contributed by atoms with Crippen molar-refractivity contribution in [2.75, 3.05) is 6.54 Å². The SMILES string of the molecule is C[C]1NCCCC1Cc1ccccc1. The van der Waals surface area contributed by atoms with Gasteiger partial charge >= 0.3 is 0 Å². The van der Waals surface area contributed by atoms with Crippen LogP contribution in [-0.4, -0.2) is 6.54 Å². The molecule has 1 heterocycles. The van der Waals surface area contributed by atoms with Crippen LogP contribution >= 0.6 is 0 Å². The van der Waals surface area contributed by atoms with Crippen LogP contribution in [0.3, 0.4) is 0 Å². The molecule has 1 aliphatic heterocycles. The van der Waals surface area contributed by atoms with Crippen molar-refractivity contribution in [3.8, 4) is 0 Å². The topological polar surface area (TPSA) is 12.0 Å². The Morgan fingerprint density at radius 2 is 2.07 bits per heavy atom. The van der Waals surface area contributed by atoms with Gasteiger partial charge in [-0.15, -0.1) is 0 Å². The summed E-state index contributed by atoms with van der Waals surface area (Å²) >= 11 is 0. The third-order valence-electron chi connectivity index (χ3n) is 3.07. The van der Waals surface area contributed by atoms with Crippen LogP contribution < -0.4 is 5.32 Å². The molecular weight excluding hydrogens is 170 g/mol. The van der Waals surface area contributed by atoms with Gasteiger partial charge in [0.05, 0.1) is 0 Å². The first-order chi connectivity index (χ1) is 6.86. The number of nitrogens with one attached hydrogen (secondary N) is 1. The van der Waals surface area contributed by atoms with Gasteiger partial charge in [0.2, 0.25) is 0 Å². The van der Waals surface area contributed by atoms with Crippen molar-refractivity contribution in [2.24, 2.45) is 5.92 Å². The molecule has 0 aromatic heterocycles. The van der Waals surface area contributed by atoms with Crippen molar-refractivity contribution in [3.05, 3.63) is 41.9 Å². The van der Waals surface area contributed by atoms with Crippen LogP contribution in [0.1, 0.15) is 25.3 Å². The number of rotatable bonds is 2. The summed E-state index contributed by atoms with van der Waals surface area (Å²) in [4.78, 5) is 0. The summed E-state index contributed by atoms with van der Waals surface area (Å²) in [6.45, 7) is 3.39. The average molecular weight is 188 g/mol. The van der Waals surface area contributed by atoms with Gasteiger partial charge in [0, 0.05) is 6.04 Å². The molecule has 1 N–H and O–H groups in total. The molecule has 0 saturated carbocycles. The van der Waals surface area contributed by atoms with Crippen molar-refractivity contribution in [1.29, 1.82) is 0 Å². The van der Waals surface area contributed by atoms with Crippen LogP contribution in [-0.2, 0) is 6.42 Å². The maximum absolute atomic E-state index is 3.47. The second kappa shape index (κ2) is 4.61. The maximum atomic E-state index is 3.47. The van der Waals surface area contributed by atoms with E-state index in [4.69, 9.17) is 0 Å². The highest BCUT2D eigenvalue weighted by atomic mass is 14.9. The van der Waals surface area contributed by atoms with Gasteiger partial charge in [-0.3, -0.25) is 0 Å². The second-order valence-electron chi connectivity index (χ2n) is 4.14. The Labute approximate surface area is 86.5 Å². The fraction of sp³-hybridized carbons (Fsp3) is 0.462. The van der Waals surface area contributed by atoms with Gasteiger partial charge < -0.3 is 5.32 Å².